The molecule has 0 heterocycles. The molecule has 0 aliphatic carbocycles. The fourth-order valence-corrected chi connectivity index (χ4v) is 1.74. The van der Waals surface area contributed by atoms with Crippen LogP contribution in [0.1, 0.15) is 10.4 Å². The number of ketones is 1. The van der Waals surface area contributed by atoms with Crippen molar-refractivity contribution in [3.8, 4) is 0 Å². The third-order valence-corrected chi connectivity index (χ3v) is 5.14. The van der Waals surface area contributed by atoms with Gasteiger partial charge in [-0.25, -0.2) is 12.8 Å². The van der Waals surface area contributed by atoms with Crippen molar-refractivity contribution in [1.29, 1.82) is 0 Å². The number of sulfone groups is 1. The van der Waals surface area contributed by atoms with Gasteiger partial charge in [0.25, 0.3) is 0 Å². The highest BCUT2D eigenvalue weighted by molar-refractivity contribution is 9.11. The number of benzene rings is 1. The second-order valence-electron chi connectivity index (χ2n) is 2.99. The largest absolute Gasteiger partial charge is 0.292 e. The molecular weight excluding hydrogens is 287 g/mol. The van der Waals surface area contributed by atoms with Gasteiger partial charge in [0.2, 0.25) is 0 Å². The van der Waals surface area contributed by atoms with E-state index in [1.165, 1.54) is 18.2 Å². The van der Waals surface area contributed by atoms with Crippen LogP contribution < -0.4 is 0 Å². The van der Waals surface area contributed by atoms with Crippen LogP contribution in [0, 0.1) is 5.82 Å². The maximum Gasteiger partial charge on any atom is 0.194 e. The lowest BCUT2D eigenvalue weighted by molar-refractivity contribution is 0.101. The van der Waals surface area contributed by atoms with Gasteiger partial charge >= 0.3 is 0 Å². The van der Waals surface area contributed by atoms with E-state index in [1.54, 1.807) is 0 Å². The zero-order chi connectivity index (χ0) is 11.6. The topological polar surface area (TPSA) is 51.2 Å². The summed E-state index contributed by atoms with van der Waals surface area (Å²) in [6.45, 7) is 0. The van der Waals surface area contributed by atoms with Crippen LogP contribution in [0.25, 0.3) is 0 Å². The van der Waals surface area contributed by atoms with Gasteiger partial charge in [0.15, 0.2) is 19.8 Å². The first-order valence-corrected chi connectivity index (χ1v) is 6.82. The molecule has 0 aliphatic rings. The minimum atomic E-state index is -3.57. The molecule has 1 aromatic rings. The van der Waals surface area contributed by atoms with Crippen LogP contribution in [-0.4, -0.2) is 24.6 Å². The number of alkyl halides is 1. The molecule has 15 heavy (non-hydrogen) atoms. The minimum Gasteiger partial charge on any atom is -0.292 e. The van der Waals surface area contributed by atoms with Crippen molar-refractivity contribution in [3.05, 3.63) is 35.6 Å². The number of Topliss-reactive ketones (excluding diaryl/α,β-unsaturated/α-hetero) is 1. The molecule has 0 aromatic heterocycles. The second-order valence-corrected chi connectivity index (χ2v) is 6.64. The smallest absolute Gasteiger partial charge is 0.194 e. The van der Waals surface area contributed by atoms with E-state index < -0.39 is 25.6 Å². The Bertz CT molecular complexity index is 484. The average molecular weight is 295 g/mol. The molecule has 0 radical (unpaired) electrons. The predicted octanol–water partition coefficient (Wildman–Crippen LogP) is 1.77. The second kappa shape index (κ2) is 4.40. The van der Waals surface area contributed by atoms with Gasteiger partial charge in [-0.2, -0.15) is 0 Å². The van der Waals surface area contributed by atoms with Crippen LogP contribution in [0.2, 0.25) is 0 Å². The van der Waals surface area contributed by atoms with E-state index in [9.17, 15) is 17.6 Å². The summed E-state index contributed by atoms with van der Waals surface area (Å²) < 4.78 is 33.9. The molecule has 82 valence electrons. The van der Waals surface area contributed by atoms with Crippen LogP contribution in [0.3, 0.4) is 0 Å². The van der Waals surface area contributed by atoms with E-state index in [-0.39, 0.29) is 5.56 Å². The Labute approximate surface area is 95.3 Å². The summed E-state index contributed by atoms with van der Waals surface area (Å²) in [6.07, 6.45) is 0.908. The highest BCUT2D eigenvalue weighted by Gasteiger charge is 2.28. The molecule has 1 atom stereocenters. The lowest BCUT2D eigenvalue weighted by Crippen LogP contribution is -2.24. The first-order chi connectivity index (χ1) is 6.84. The molecule has 3 nitrogen and oxygen atoms in total. The molecule has 0 bridgehead atoms. The van der Waals surface area contributed by atoms with Crippen molar-refractivity contribution < 1.29 is 17.6 Å². The first kappa shape index (κ1) is 12.3. The van der Waals surface area contributed by atoms with Crippen LogP contribution in [0.5, 0.6) is 0 Å². The molecule has 0 fully saturated rings. The van der Waals surface area contributed by atoms with Gasteiger partial charge in [0.1, 0.15) is 5.82 Å². The number of rotatable bonds is 3. The lowest BCUT2D eigenvalue weighted by atomic mass is 10.1. The maximum absolute atomic E-state index is 13.2. The highest BCUT2D eigenvalue weighted by Crippen LogP contribution is 2.17. The van der Waals surface area contributed by atoms with Gasteiger partial charge in [-0.05, 0) is 12.1 Å². The summed E-state index contributed by atoms with van der Waals surface area (Å²) in [5.74, 6) is -1.52. The Morgan fingerprint density at radius 2 is 1.93 bits per heavy atom. The van der Waals surface area contributed by atoms with E-state index in [4.69, 9.17) is 0 Å². The van der Waals surface area contributed by atoms with Crippen molar-refractivity contribution in [2.45, 2.75) is 4.16 Å². The summed E-state index contributed by atoms with van der Waals surface area (Å²) >= 11 is 2.73. The SMILES string of the molecule is CS(=O)(=O)[C@H](Br)C(=O)c1ccccc1F. The van der Waals surface area contributed by atoms with Crippen molar-refractivity contribution in [1.82, 2.24) is 0 Å². The number of hydrogen-bond acceptors (Lipinski definition) is 3. The Morgan fingerprint density at radius 1 is 1.40 bits per heavy atom. The Kier molecular flexibility index (Phi) is 3.62. The van der Waals surface area contributed by atoms with Gasteiger partial charge in [0, 0.05) is 6.26 Å². The minimum absolute atomic E-state index is 0.232. The van der Waals surface area contributed by atoms with Crippen LogP contribution in [-0.2, 0) is 9.84 Å². The molecule has 0 N–H and O–H groups in total. The maximum atomic E-state index is 13.2. The third-order valence-electron chi connectivity index (χ3n) is 1.72. The molecule has 1 rings (SSSR count). The van der Waals surface area contributed by atoms with Gasteiger partial charge < -0.3 is 0 Å². The van der Waals surface area contributed by atoms with E-state index >= 15 is 0 Å². The standard InChI is InChI=1S/C9H8BrFO3S/c1-15(13,14)9(10)8(12)6-4-2-3-5-7(6)11/h2-5,9H,1H3/t9-/m0/s1. The van der Waals surface area contributed by atoms with Gasteiger partial charge in [-0.3, -0.25) is 4.79 Å². The van der Waals surface area contributed by atoms with Crippen LogP contribution in [0.4, 0.5) is 4.39 Å². The van der Waals surface area contributed by atoms with Crippen LogP contribution >= 0.6 is 15.9 Å². The van der Waals surface area contributed by atoms with Crippen LogP contribution in [0.15, 0.2) is 24.3 Å². The molecule has 0 aliphatic heterocycles. The fourth-order valence-electron chi connectivity index (χ4n) is 0.978. The van der Waals surface area contributed by atoms with E-state index in [0.717, 1.165) is 12.3 Å². The summed E-state index contributed by atoms with van der Waals surface area (Å²) in [5.41, 5.74) is -0.232. The number of carbonyl (C=O) groups is 1. The molecule has 0 saturated carbocycles. The van der Waals surface area contributed by atoms with Crippen molar-refractivity contribution in [2.75, 3.05) is 6.26 Å². The molecule has 0 saturated heterocycles. The number of halogens is 2. The highest BCUT2D eigenvalue weighted by atomic mass is 79.9. The van der Waals surface area contributed by atoms with Gasteiger partial charge in [-0.15, -0.1) is 0 Å². The van der Waals surface area contributed by atoms with E-state index in [0.29, 0.717) is 0 Å². The Morgan fingerprint density at radius 3 is 2.40 bits per heavy atom. The quantitative estimate of drug-likeness (QED) is 0.631. The van der Waals surface area contributed by atoms with E-state index in [1.807, 2.05) is 0 Å². The average Bonchev–Trinajstić information content (AvgIpc) is 2.15. The normalized spacial score (nSPS) is 13.5. The zero-order valence-corrected chi connectivity index (χ0v) is 10.2. The van der Waals surface area contributed by atoms with Gasteiger partial charge in [-0.1, -0.05) is 28.1 Å². The van der Waals surface area contributed by atoms with Crippen molar-refractivity contribution in [3.63, 3.8) is 0 Å². The molecular formula is C9H8BrFO3S. The molecule has 1 aromatic carbocycles. The van der Waals surface area contributed by atoms with Crippen molar-refractivity contribution >= 4 is 31.6 Å². The monoisotopic (exact) mass is 294 g/mol. The molecule has 0 amide bonds. The van der Waals surface area contributed by atoms with E-state index in [2.05, 4.69) is 15.9 Å². The zero-order valence-electron chi connectivity index (χ0n) is 7.78. The lowest BCUT2D eigenvalue weighted by Gasteiger charge is -2.06. The number of carbonyl (C=O) groups excluding carboxylic acids is 1. The first-order valence-electron chi connectivity index (χ1n) is 3.95. The number of hydrogen-bond donors (Lipinski definition) is 0. The summed E-state index contributed by atoms with van der Waals surface area (Å²) in [4.78, 5) is 11.5. The summed E-state index contributed by atoms with van der Waals surface area (Å²) in [5, 5.41) is 0. The molecule has 0 spiro atoms. The molecule has 0 unspecified atom stereocenters. The fraction of sp³-hybridized carbons (Fsp3) is 0.222. The van der Waals surface area contributed by atoms with Gasteiger partial charge in [0.05, 0.1) is 5.56 Å². The Balaban J connectivity index is 3.12. The molecule has 6 heteroatoms. The van der Waals surface area contributed by atoms with Crippen molar-refractivity contribution in [2.24, 2.45) is 0 Å². The predicted molar refractivity (Wildman–Crippen MR) is 58.3 cm³/mol. The summed E-state index contributed by atoms with van der Waals surface area (Å²) in [7, 11) is -3.57. The third kappa shape index (κ3) is 2.85. The summed E-state index contributed by atoms with van der Waals surface area (Å²) in [6, 6.07) is 5.25. The Hall–Kier alpha value is -0.750.